The first-order valence-corrected chi connectivity index (χ1v) is 7.16. The van der Waals surface area contributed by atoms with Crippen molar-refractivity contribution in [1.82, 2.24) is 0 Å². The second-order valence-corrected chi connectivity index (χ2v) is 5.55. The number of ether oxygens (including phenoxy) is 1. The molecule has 0 spiro atoms. The van der Waals surface area contributed by atoms with Crippen LogP contribution in [0, 0.1) is 13.8 Å². The molecule has 4 heteroatoms. The smallest absolute Gasteiger partial charge is 0.221 e. The van der Waals surface area contributed by atoms with E-state index in [0.29, 0.717) is 5.76 Å². The highest BCUT2D eigenvalue weighted by Gasteiger charge is 2.33. The minimum Gasteiger partial charge on any atom is -0.492 e. The van der Waals surface area contributed by atoms with Gasteiger partial charge in [0.15, 0.2) is 18.2 Å². The van der Waals surface area contributed by atoms with Crippen molar-refractivity contribution >= 4 is 33.5 Å². The van der Waals surface area contributed by atoms with Crippen LogP contribution >= 0.6 is 0 Å². The number of allylic oxidation sites excluding steroid dienone is 3. The van der Waals surface area contributed by atoms with Gasteiger partial charge in [-0.25, -0.2) is 9.98 Å². The van der Waals surface area contributed by atoms with Crippen molar-refractivity contribution in [2.75, 3.05) is 7.11 Å². The summed E-state index contributed by atoms with van der Waals surface area (Å²) < 4.78 is 5.37. The highest BCUT2D eigenvalue weighted by Crippen LogP contribution is 2.46. The monoisotopic (exact) mass is 291 g/mol. The normalized spacial score (nSPS) is 16.0. The molecule has 2 heterocycles. The van der Waals surface area contributed by atoms with E-state index in [-0.39, 0.29) is 5.78 Å². The van der Waals surface area contributed by atoms with Crippen molar-refractivity contribution in [3.8, 4) is 0 Å². The molecule has 1 aliphatic heterocycles. The third kappa shape index (κ3) is 1.49. The number of aliphatic imine (C=N–C) groups is 1. The van der Waals surface area contributed by atoms with E-state index < -0.39 is 0 Å². The van der Waals surface area contributed by atoms with Crippen LogP contribution in [0.5, 0.6) is 0 Å². The molecule has 0 unspecified atom stereocenters. The van der Waals surface area contributed by atoms with E-state index in [2.05, 4.69) is 24.9 Å². The van der Waals surface area contributed by atoms with Crippen LogP contribution in [-0.4, -0.2) is 18.6 Å². The summed E-state index contributed by atoms with van der Waals surface area (Å²) in [6, 6.07) is 2.06. The predicted molar refractivity (Wildman–Crippen MR) is 85.1 cm³/mol. The molecular formula is C18H15N2O2+. The molecular weight excluding hydrogens is 276 g/mol. The lowest BCUT2D eigenvalue weighted by Crippen LogP contribution is -2.13. The Balaban J connectivity index is 2.18. The van der Waals surface area contributed by atoms with Gasteiger partial charge in [-0.2, -0.15) is 0 Å². The number of ketones is 1. The SMILES string of the molecule is COC1=C2C(=Nc3c2c(C)c2c[nH+]ccc2c3C)C=CC1=O. The van der Waals surface area contributed by atoms with Gasteiger partial charge in [0.2, 0.25) is 5.78 Å². The van der Waals surface area contributed by atoms with E-state index in [1.165, 1.54) is 18.6 Å². The van der Waals surface area contributed by atoms with Gasteiger partial charge in [-0.15, -0.1) is 0 Å². The van der Waals surface area contributed by atoms with Crippen molar-refractivity contribution in [3.63, 3.8) is 0 Å². The summed E-state index contributed by atoms with van der Waals surface area (Å²) in [7, 11) is 1.53. The highest BCUT2D eigenvalue weighted by atomic mass is 16.5. The summed E-state index contributed by atoms with van der Waals surface area (Å²) in [6.45, 7) is 4.14. The lowest BCUT2D eigenvalue weighted by atomic mass is 9.88. The molecule has 0 bridgehead atoms. The standard InChI is InChI=1S/C18H14N2O2/c1-9-12-8-19-7-6-11(12)10(2)17-15(9)16-13(20-17)4-5-14(21)18(16)22-3/h4-8H,1-3H3/p+1. The molecule has 1 aromatic heterocycles. The molecule has 1 N–H and O–H groups in total. The summed E-state index contributed by atoms with van der Waals surface area (Å²) in [5.41, 5.74) is 5.80. The first kappa shape index (κ1) is 13.0. The molecule has 2 aliphatic rings. The molecule has 0 radical (unpaired) electrons. The van der Waals surface area contributed by atoms with Crippen LogP contribution in [0.3, 0.4) is 0 Å². The number of aromatic amines is 1. The van der Waals surface area contributed by atoms with E-state index in [9.17, 15) is 4.79 Å². The summed E-state index contributed by atoms with van der Waals surface area (Å²) in [5.74, 6) is 0.267. The average Bonchev–Trinajstić information content (AvgIpc) is 2.92. The van der Waals surface area contributed by atoms with Gasteiger partial charge < -0.3 is 4.74 Å². The number of hydrogen-bond donors (Lipinski definition) is 0. The highest BCUT2D eigenvalue weighted by molar-refractivity contribution is 6.41. The number of nitrogens with zero attached hydrogens (tertiary/aromatic N) is 1. The Bertz CT molecular complexity index is 949. The number of nitrogens with one attached hydrogen (secondary N) is 1. The Kier molecular flexibility index (Phi) is 2.57. The number of H-pyrrole nitrogens is 1. The van der Waals surface area contributed by atoms with Gasteiger partial charge in [0.25, 0.3) is 0 Å². The number of hydrogen-bond acceptors (Lipinski definition) is 3. The number of aryl methyl sites for hydroxylation is 2. The van der Waals surface area contributed by atoms with Crippen molar-refractivity contribution in [2.45, 2.75) is 13.8 Å². The van der Waals surface area contributed by atoms with Gasteiger partial charge in [0, 0.05) is 17.0 Å². The molecule has 0 saturated heterocycles. The number of pyridine rings is 1. The first-order valence-electron chi connectivity index (χ1n) is 7.16. The Morgan fingerprint density at radius 3 is 2.73 bits per heavy atom. The van der Waals surface area contributed by atoms with Crippen LogP contribution in [0.2, 0.25) is 0 Å². The zero-order valence-electron chi connectivity index (χ0n) is 12.7. The lowest BCUT2D eigenvalue weighted by molar-refractivity contribution is -0.375. The minimum atomic E-state index is -0.110. The van der Waals surface area contributed by atoms with Crippen molar-refractivity contribution < 1.29 is 14.5 Å². The maximum absolute atomic E-state index is 12.1. The maximum atomic E-state index is 12.1. The summed E-state index contributed by atoms with van der Waals surface area (Å²) in [6.07, 6.45) is 7.20. The maximum Gasteiger partial charge on any atom is 0.221 e. The molecule has 108 valence electrons. The average molecular weight is 291 g/mol. The van der Waals surface area contributed by atoms with E-state index >= 15 is 0 Å². The van der Waals surface area contributed by atoms with Gasteiger partial charge >= 0.3 is 0 Å². The fourth-order valence-corrected chi connectivity index (χ4v) is 3.35. The number of benzene rings is 1. The molecule has 0 saturated carbocycles. The third-order valence-corrected chi connectivity index (χ3v) is 4.43. The van der Waals surface area contributed by atoms with E-state index in [1.54, 1.807) is 6.08 Å². The second-order valence-electron chi connectivity index (χ2n) is 5.55. The zero-order chi connectivity index (χ0) is 15.4. The Labute approximate surface area is 127 Å². The molecule has 4 rings (SSSR count). The number of fused-ring (bicyclic) bond motifs is 4. The van der Waals surface area contributed by atoms with Crippen LogP contribution in [-0.2, 0) is 9.53 Å². The van der Waals surface area contributed by atoms with Crippen LogP contribution in [0.4, 0.5) is 5.69 Å². The quantitative estimate of drug-likeness (QED) is 0.759. The van der Waals surface area contributed by atoms with E-state index in [4.69, 9.17) is 9.73 Å². The molecule has 1 aliphatic carbocycles. The topological polar surface area (TPSA) is 52.8 Å². The van der Waals surface area contributed by atoms with Gasteiger partial charge in [-0.3, -0.25) is 4.79 Å². The summed E-state index contributed by atoms with van der Waals surface area (Å²) in [4.78, 5) is 20.0. The van der Waals surface area contributed by atoms with Crippen molar-refractivity contribution in [3.05, 3.63) is 53.1 Å². The Hall–Kier alpha value is -2.75. The number of carbonyl (C=O) groups is 1. The fourth-order valence-electron chi connectivity index (χ4n) is 3.35. The van der Waals surface area contributed by atoms with Crippen LogP contribution in [0.15, 0.2) is 41.4 Å². The Morgan fingerprint density at radius 1 is 1.14 bits per heavy atom. The van der Waals surface area contributed by atoms with Gasteiger partial charge in [0.05, 0.1) is 24.1 Å². The molecule has 0 fully saturated rings. The first-order chi connectivity index (χ1) is 10.6. The number of methoxy groups -OCH3 is 1. The Morgan fingerprint density at radius 2 is 1.95 bits per heavy atom. The number of rotatable bonds is 1. The molecule has 2 aromatic rings. The van der Waals surface area contributed by atoms with Crippen LogP contribution in [0.1, 0.15) is 16.7 Å². The largest absolute Gasteiger partial charge is 0.492 e. The zero-order valence-corrected chi connectivity index (χ0v) is 12.7. The molecule has 4 nitrogen and oxygen atoms in total. The molecule has 22 heavy (non-hydrogen) atoms. The molecule has 1 aromatic carbocycles. The van der Waals surface area contributed by atoms with Gasteiger partial charge in [-0.1, -0.05) is 0 Å². The van der Waals surface area contributed by atoms with Crippen LogP contribution < -0.4 is 4.98 Å². The summed E-state index contributed by atoms with van der Waals surface area (Å²) in [5, 5.41) is 2.31. The van der Waals surface area contributed by atoms with Crippen LogP contribution in [0.25, 0.3) is 16.3 Å². The van der Waals surface area contributed by atoms with Gasteiger partial charge in [-0.05, 0) is 42.5 Å². The van der Waals surface area contributed by atoms with E-state index in [0.717, 1.165) is 39.0 Å². The predicted octanol–water partition coefficient (Wildman–Crippen LogP) is 2.85. The van der Waals surface area contributed by atoms with Gasteiger partial charge in [0.1, 0.15) is 0 Å². The fraction of sp³-hybridized carbons (Fsp3) is 0.167. The molecule has 0 atom stereocenters. The van der Waals surface area contributed by atoms with Crippen molar-refractivity contribution in [2.24, 2.45) is 4.99 Å². The number of aromatic nitrogens is 1. The third-order valence-electron chi connectivity index (χ3n) is 4.43. The lowest BCUT2D eigenvalue weighted by Gasteiger charge is -2.15. The minimum absolute atomic E-state index is 0.110. The van der Waals surface area contributed by atoms with Crippen molar-refractivity contribution in [1.29, 1.82) is 0 Å². The number of carbonyl (C=O) groups excluding carboxylic acids is 1. The summed E-state index contributed by atoms with van der Waals surface area (Å²) >= 11 is 0. The molecule has 0 amide bonds. The van der Waals surface area contributed by atoms with E-state index in [1.807, 2.05) is 12.4 Å². The second kappa shape index (κ2) is 4.37.